The molecule has 43 heavy (non-hydrogen) atoms. The number of nitrogens with one attached hydrogen (secondary N) is 1. The van der Waals surface area contributed by atoms with Crippen molar-refractivity contribution in [2.45, 2.75) is 13.2 Å². The molecule has 0 atom stereocenters. The summed E-state index contributed by atoms with van der Waals surface area (Å²) in [6.07, 6.45) is 3.42. The van der Waals surface area contributed by atoms with Gasteiger partial charge in [-0.2, -0.15) is 0 Å². The lowest BCUT2D eigenvalue weighted by Gasteiger charge is -2.33. The predicted octanol–water partition coefficient (Wildman–Crippen LogP) is 4.70. The second-order valence-electron chi connectivity index (χ2n) is 10.2. The van der Waals surface area contributed by atoms with Crippen LogP contribution in [0.15, 0.2) is 73.2 Å². The first-order valence-electron chi connectivity index (χ1n) is 13.8. The molecule has 1 saturated heterocycles. The average molecular weight is 602 g/mol. The molecule has 1 aliphatic rings. The number of aromatic nitrogens is 5. The van der Waals surface area contributed by atoms with Crippen molar-refractivity contribution in [2.24, 2.45) is 5.73 Å². The fraction of sp³-hybridized carbons (Fsp3) is 0.233. The number of rotatable bonds is 9. The van der Waals surface area contributed by atoms with Crippen molar-refractivity contribution >= 4 is 40.0 Å². The van der Waals surface area contributed by atoms with Crippen LogP contribution in [0.25, 0.3) is 22.2 Å². The molecule has 220 valence electrons. The molecule has 2 aromatic heterocycles. The summed E-state index contributed by atoms with van der Waals surface area (Å²) in [5.41, 5.74) is 9.19. The van der Waals surface area contributed by atoms with Crippen LogP contribution in [-0.4, -0.2) is 73.5 Å². The van der Waals surface area contributed by atoms with Crippen molar-refractivity contribution in [2.75, 3.05) is 38.0 Å². The largest absolute Gasteiger partial charge is 0.487 e. The zero-order chi connectivity index (χ0) is 29.8. The van der Waals surface area contributed by atoms with Crippen LogP contribution in [-0.2, 0) is 13.2 Å². The van der Waals surface area contributed by atoms with Crippen molar-refractivity contribution in [3.05, 3.63) is 89.6 Å². The second kappa shape index (κ2) is 12.6. The number of carbonyl (C=O) groups is 1. The van der Waals surface area contributed by atoms with Gasteiger partial charge in [0.25, 0.3) is 0 Å². The van der Waals surface area contributed by atoms with E-state index in [2.05, 4.69) is 30.5 Å². The smallest absolute Gasteiger partial charge is 0.314 e. The third kappa shape index (κ3) is 6.82. The minimum atomic E-state index is -0.370. The van der Waals surface area contributed by atoms with Crippen LogP contribution in [0.4, 0.5) is 20.7 Å². The van der Waals surface area contributed by atoms with E-state index in [1.807, 2.05) is 35.1 Å². The van der Waals surface area contributed by atoms with Gasteiger partial charge in [-0.25, -0.2) is 19.2 Å². The lowest BCUT2D eigenvalue weighted by atomic mass is 10.1. The number of halogens is 2. The van der Waals surface area contributed by atoms with Gasteiger partial charge in [0.15, 0.2) is 0 Å². The number of ether oxygens (including phenoxy) is 1. The summed E-state index contributed by atoms with van der Waals surface area (Å²) in [5.74, 6) is 0.784. The summed E-state index contributed by atoms with van der Waals surface area (Å²) < 4.78 is 21.1. The third-order valence-electron chi connectivity index (χ3n) is 7.28. The molecule has 0 radical (unpaired) electrons. The molecule has 0 saturated carbocycles. The van der Waals surface area contributed by atoms with E-state index in [0.29, 0.717) is 41.8 Å². The number of nitrogens with two attached hydrogens (primary N) is 1. The first-order chi connectivity index (χ1) is 20.9. The maximum Gasteiger partial charge on any atom is 0.314 e. The number of benzene rings is 3. The first-order valence-corrected chi connectivity index (χ1v) is 14.1. The molecule has 0 unspecified atom stereocenters. The van der Waals surface area contributed by atoms with Crippen molar-refractivity contribution < 1.29 is 13.9 Å². The first kappa shape index (κ1) is 28.3. The Morgan fingerprint density at radius 1 is 1.02 bits per heavy atom. The average Bonchev–Trinajstić information content (AvgIpc) is 3.49. The molecular weight excluding hydrogens is 573 g/mol. The van der Waals surface area contributed by atoms with E-state index in [0.717, 1.165) is 47.5 Å². The highest BCUT2D eigenvalue weighted by Crippen LogP contribution is 2.32. The number of nitrogens with zero attached hydrogens (tertiary/aromatic N) is 7. The van der Waals surface area contributed by atoms with Gasteiger partial charge in [0.05, 0.1) is 23.3 Å². The van der Waals surface area contributed by atoms with E-state index in [1.54, 1.807) is 29.2 Å². The van der Waals surface area contributed by atoms with E-state index in [1.165, 1.54) is 18.5 Å². The highest BCUT2D eigenvalue weighted by Gasteiger charge is 2.19. The number of piperazine rings is 1. The highest BCUT2D eigenvalue weighted by atomic mass is 35.5. The Hall–Kier alpha value is -4.81. The number of fused-ring (bicyclic) bond motifs is 1. The molecule has 5 aromatic rings. The van der Waals surface area contributed by atoms with Gasteiger partial charge in [0, 0.05) is 49.4 Å². The molecule has 3 heterocycles. The molecule has 0 bridgehead atoms. The van der Waals surface area contributed by atoms with Crippen LogP contribution in [0.1, 0.15) is 5.56 Å². The monoisotopic (exact) mass is 601 g/mol. The van der Waals surface area contributed by atoms with Crippen LogP contribution in [0.5, 0.6) is 5.75 Å². The molecule has 0 spiro atoms. The molecule has 0 aliphatic carbocycles. The summed E-state index contributed by atoms with van der Waals surface area (Å²) in [7, 11) is 0. The van der Waals surface area contributed by atoms with E-state index in [4.69, 9.17) is 22.1 Å². The Labute approximate surface area is 252 Å². The SMILES string of the molecule is NC(=O)N1CCN(CCn2cc(-c3ccc4ncnc(Nc5ccc(OCc6cccc(F)c6)c(Cl)c5)c4c3)nn2)CC1. The Bertz CT molecular complexity index is 1760. The number of urea groups is 1. The van der Waals surface area contributed by atoms with Crippen molar-refractivity contribution in [3.8, 4) is 17.0 Å². The van der Waals surface area contributed by atoms with Gasteiger partial charge in [0.2, 0.25) is 0 Å². The molecular formula is C30H29ClFN9O2. The number of amides is 2. The van der Waals surface area contributed by atoms with Gasteiger partial charge < -0.3 is 20.7 Å². The zero-order valence-electron chi connectivity index (χ0n) is 23.2. The van der Waals surface area contributed by atoms with E-state index < -0.39 is 0 Å². The number of anilines is 2. The number of hydrogen-bond acceptors (Lipinski definition) is 8. The molecule has 11 nitrogen and oxygen atoms in total. The van der Waals surface area contributed by atoms with Gasteiger partial charge in [-0.1, -0.05) is 35.0 Å². The zero-order valence-corrected chi connectivity index (χ0v) is 23.9. The normalized spacial score (nSPS) is 13.8. The fourth-order valence-corrected chi connectivity index (χ4v) is 5.15. The van der Waals surface area contributed by atoms with Crippen LogP contribution in [0.3, 0.4) is 0 Å². The Morgan fingerprint density at radius 2 is 1.88 bits per heavy atom. The lowest BCUT2D eigenvalue weighted by molar-refractivity contribution is 0.141. The summed E-state index contributed by atoms with van der Waals surface area (Å²) >= 11 is 6.50. The molecule has 13 heteroatoms. The topological polar surface area (TPSA) is 127 Å². The minimum absolute atomic E-state index is 0.197. The van der Waals surface area contributed by atoms with Gasteiger partial charge in [0.1, 0.15) is 36.0 Å². The second-order valence-corrected chi connectivity index (χ2v) is 10.6. The van der Waals surface area contributed by atoms with Gasteiger partial charge in [-0.05, 0) is 48.0 Å². The molecule has 6 rings (SSSR count). The van der Waals surface area contributed by atoms with E-state index in [-0.39, 0.29) is 18.5 Å². The van der Waals surface area contributed by atoms with Crippen molar-refractivity contribution in [1.29, 1.82) is 0 Å². The maximum absolute atomic E-state index is 13.5. The minimum Gasteiger partial charge on any atom is -0.487 e. The van der Waals surface area contributed by atoms with Crippen LogP contribution >= 0.6 is 11.6 Å². The maximum atomic E-state index is 13.5. The molecule has 1 fully saturated rings. The summed E-state index contributed by atoms with van der Waals surface area (Å²) in [6.45, 7) is 4.49. The van der Waals surface area contributed by atoms with Crippen LogP contribution in [0, 0.1) is 5.82 Å². The summed E-state index contributed by atoms with van der Waals surface area (Å²) in [6, 6.07) is 17.1. The lowest BCUT2D eigenvalue weighted by Crippen LogP contribution is -2.50. The van der Waals surface area contributed by atoms with E-state index >= 15 is 0 Å². The van der Waals surface area contributed by atoms with Gasteiger partial charge in [-0.3, -0.25) is 9.58 Å². The Morgan fingerprint density at radius 3 is 2.67 bits per heavy atom. The van der Waals surface area contributed by atoms with Crippen LogP contribution < -0.4 is 15.8 Å². The number of hydrogen-bond donors (Lipinski definition) is 2. The molecule has 3 aromatic carbocycles. The third-order valence-corrected chi connectivity index (χ3v) is 7.57. The summed E-state index contributed by atoms with van der Waals surface area (Å²) in [4.78, 5) is 24.2. The Kier molecular flexibility index (Phi) is 8.29. The fourth-order valence-electron chi connectivity index (χ4n) is 4.91. The van der Waals surface area contributed by atoms with Crippen molar-refractivity contribution in [3.63, 3.8) is 0 Å². The summed E-state index contributed by atoms with van der Waals surface area (Å²) in [5, 5.41) is 13.2. The van der Waals surface area contributed by atoms with E-state index in [9.17, 15) is 9.18 Å². The molecule has 1 aliphatic heterocycles. The quantitative estimate of drug-likeness (QED) is 0.249. The van der Waals surface area contributed by atoms with Gasteiger partial charge >= 0.3 is 6.03 Å². The number of carbonyl (C=O) groups excluding carboxylic acids is 1. The standard InChI is InChI=1S/C30H29ClFN9O2/c31-25-16-23(5-7-28(25)43-18-20-2-1-3-22(32)14-20)36-29-24-15-21(4-6-26(24)34-19-35-29)27-17-41(38-37-27)13-10-39-8-11-40(12-9-39)30(33)42/h1-7,14-17,19H,8-13,18H2,(H2,33,42)(H,34,35,36). The van der Waals surface area contributed by atoms with Gasteiger partial charge in [-0.15, -0.1) is 5.10 Å². The predicted molar refractivity (Wildman–Crippen MR) is 162 cm³/mol. The van der Waals surface area contributed by atoms with Crippen LogP contribution in [0.2, 0.25) is 5.02 Å². The number of primary amides is 1. The van der Waals surface area contributed by atoms with Crippen molar-refractivity contribution in [1.82, 2.24) is 34.8 Å². The molecule has 2 amide bonds. The Balaban J connectivity index is 1.12. The highest BCUT2D eigenvalue weighted by molar-refractivity contribution is 6.32. The molecule has 3 N–H and O–H groups in total.